The van der Waals surface area contributed by atoms with Gasteiger partial charge in [-0.1, -0.05) is 19.3 Å². The highest BCUT2D eigenvalue weighted by molar-refractivity contribution is 5.98. The van der Waals surface area contributed by atoms with Crippen LogP contribution in [0.4, 0.5) is 5.69 Å². The van der Waals surface area contributed by atoms with Gasteiger partial charge in [-0.2, -0.15) is 0 Å². The zero-order chi connectivity index (χ0) is 16.8. The summed E-state index contributed by atoms with van der Waals surface area (Å²) in [6, 6.07) is 5.03. The maximum absolute atomic E-state index is 12.2. The smallest absolute Gasteiger partial charge is 0.262 e. The largest absolute Gasteiger partial charge is 0.482 e. The topological polar surface area (TPSA) is 76.7 Å². The minimum absolute atomic E-state index is 0.0173. The van der Waals surface area contributed by atoms with Crippen LogP contribution in [0.1, 0.15) is 48.9 Å². The van der Waals surface area contributed by atoms with E-state index in [0.29, 0.717) is 36.3 Å². The molecule has 1 fully saturated rings. The van der Waals surface area contributed by atoms with Gasteiger partial charge in [-0.25, -0.2) is 0 Å². The third kappa shape index (κ3) is 4.47. The maximum Gasteiger partial charge on any atom is 0.262 e. The average Bonchev–Trinajstić information content (AvgIpc) is 2.61. The van der Waals surface area contributed by atoms with Crippen LogP contribution in [0.25, 0.3) is 0 Å². The Hall–Kier alpha value is -2.08. The monoisotopic (exact) mass is 332 g/mol. The predicted octanol–water partition coefficient (Wildman–Crippen LogP) is 2.49. The molecule has 1 aliphatic heterocycles. The average molecular weight is 332 g/mol. The Morgan fingerprint density at radius 2 is 2.12 bits per heavy atom. The number of ether oxygens (including phenoxy) is 2. The number of fused-ring (bicyclic) bond motifs is 1. The molecule has 2 aliphatic rings. The first-order chi connectivity index (χ1) is 11.7. The summed E-state index contributed by atoms with van der Waals surface area (Å²) in [5.41, 5.74) is 1.13. The van der Waals surface area contributed by atoms with Crippen molar-refractivity contribution in [2.24, 2.45) is 0 Å². The van der Waals surface area contributed by atoms with Crippen molar-refractivity contribution in [2.75, 3.05) is 25.1 Å². The molecule has 1 aromatic carbocycles. The van der Waals surface area contributed by atoms with Gasteiger partial charge in [0.2, 0.25) is 0 Å². The first kappa shape index (κ1) is 16.8. The molecule has 1 heterocycles. The molecule has 0 radical (unpaired) electrons. The Morgan fingerprint density at radius 3 is 2.96 bits per heavy atom. The number of hydrogen-bond acceptors (Lipinski definition) is 4. The number of nitrogens with one attached hydrogen (secondary N) is 2. The number of anilines is 1. The maximum atomic E-state index is 12.2. The summed E-state index contributed by atoms with van der Waals surface area (Å²) in [7, 11) is 0. The zero-order valence-electron chi connectivity index (χ0n) is 13.8. The lowest BCUT2D eigenvalue weighted by atomic mass is 9.98. The van der Waals surface area contributed by atoms with Crippen LogP contribution in [-0.2, 0) is 9.53 Å². The number of carbonyl (C=O) groups excluding carboxylic acids is 2. The molecule has 24 heavy (non-hydrogen) atoms. The van der Waals surface area contributed by atoms with E-state index in [1.54, 1.807) is 18.2 Å². The summed E-state index contributed by atoms with van der Waals surface area (Å²) < 4.78 is 11.2. The van der Waals surface area contributed by atoms with Gasteiger partial charge in [0.25, 0.3) is 11.8 Å². The number of carbonyl (C=O) groups is 2. The molecule has 2 N–H and O–H groups in total. The van der Waals surface area contributed by atoms with E-state index in [4.69, 9.17) is 9.47 Å². The Labute approximate surface area is 141 Å². The summed E-state index contributed by atoms with van der Waals surface area (Å²) in [6.45, 7) is 1.25. The van der Waals surface area contributed by atoms with Crippen molar-refractivity contribution in [3.63, 3.8) is 0 Å². The highest BCUT2D eigenvalue weighted by atomic mass is 16.5. The van der Waals surface area contributed by atoms with Gasteiger partial charge < -0.3 is 20.1 Å². The Morgan fingerprint density at radius 1 is 1.29 bits per heavy atom. The fourth-order valence-corrected chi connectivity index (χ4v) is 3.07. The molecular weight excluding hydrogens is 308 g/mol. The second-order valence-corrected chi connectivity index (χ2v) is 6.29. The Bertz CT molecular complexity index is 597. The van der Waals surface area contributed by atoms with Gasteiger partial charge in [-0.15, -0.1) is 0 Å². The van der Waals surface area contributed by atoms with Crippen molar-refractivity contribution in [2.45, 2.75) is 44.6 Å². The first-order valence-corrected chi connectivity index (χ1v) is 8.69. The van der Waals surface area contributed by atoms with E-state index in [0.717, 1.165) is 19.3 Å². The predicted molar refractivity (Wildman–Crippen MR) is 90.3 cm³/mol. The van der Waals surface area contributed by atoms with Crippen LogP contribution in [0.5, 0.6) is 5.75 Å². The molecule has 0 aromatic heterocycles. The van der Waals surface area contributed by atoms with E-state index < -0.39 is 0 Å². The molecule has 1 aromatic rings. The molecule has 0 saturated heterocycles. The van der Waals surface area contributed by atoms with Gasteiger partial charge in [-0.3, -0.25) is 9.59 Å². The van der Waals surface area contributed by atoms with E-state index in [1.807, 2.05) is 0 Å². The van der Waals surface area contributed by atoms with E-state index in [9.17, 15) is 9.59 Å². The third-order valence-electron chi connectivity index (χ3n) is 4.39. The van der Waals surface area contributed by atoms with E-state index in [1.165, 1.54) is 19.3 Å². The number of rotatable bonds is 6. The van der Waals surface area contributed by atoms with Crippen LogP contribution in [0.15, 0.2) is 18.2 Å². The molecule has 6 heteroatoms. The van der Waals surface area contributed by atoms with Crippen molar-refractivity contribution in [3.05, 3.63) is 23.8 Å². The fraction of sp³-hybridized carbons (Fsp3) is 0.556. The third-order valence-corrected chi connectivity index (χ3v) is 4.39. The molecule has 1 saturated carbocycles. The SMILES string of the molecule is O=C1COc2cc(C(=O)NCCCOC3CCCCC3)ccc2N1. The molecule has 1 aliphatic carbocycles. The fourth-order valence-electron chi connectivity index (χ4n) is 3.07. The zero-order valence-corrected chi connectivity index (χ0v) is 13.8. The quantitative estimate of drug-likeness (QED) is 0.785. The number of benzene rings is 1. The van der Waals surface area contributed by atoms with Crippen molar-refractivity contribution < 1.29 is 19.1 Å². The molecular formula is C18H24N2O4. The van der Waals surface area contributed by atoms with Gasteiger partial charge >= 0.3 is 0 Å². The van der Waals surface area contributed by atoms with Crippen molar-refractivity contribution in [1.29, 1.82) is 0 Å². The second kappa shape index (κ2) is 8.15. The lowest BCUT2D eigenvalue weighted by Crippen LogP contribution is -2.28. The minimum Gasteiger partial charge on any atom is -0.482 e. The number of amides is 2. The van der Waals surface area contributed by atoms with E-state index >= 15 is 0 Å². The summed E-state index contributed by atoms with van der Waals surface area (Å²) >= 11 is 0. The first-order valence-electron chi connectivity index (χ1n) is 8.69. The van der Waals surface area contributed by atoms with E-state index in [-0.39, 0.29) is 18.4 Å². The highest BCUT2D eigenvalue weighted by Crippen LogP contribution is 2.28. The molecule has 2 amide bonds. The second-order valence-electron chi connectivity index (χ2n) is 6.29. The van der Waals surface area contributed by atoms with Crippen molar-refractivity contribution in [1.82, 2.24) is 5.32 Å². The van der Waals surface area contributed by atoms with Crippen LogP contribution in [-0.4, -0.2) is 37.7 Å². The molecule has 0 spiro atoms. The normalized spacial score (nSPS) is 17.6. The minimum atomic E-state index is -0.183. The molecule has 6 nitrogen and oxygen atoms in total. The van der Waals surface area contributed by atoms with Gasteiger partial charge in [0.1, 0.15) is 5.75 Å². The molecule has 0 bridgehead atoms. The van der Waals surface area contributed by atoms with Gasteiger partial charge in [-0.05, 0) is 37.5 Å². The highest BCUT2D eigenvalue weighted by Gasteiger charge is 2.18. The van der Waals surface area contributed by atoms with Crippen LogP contribution >= 0.6 is 0 Å². The lowest BCUT2D eigenvalue weighted by molar-refractivity contribution is -0.118. The Balaban J connectivity index is 1.39. The molecule has 0 unspecified atom stereocenters. The van der Waals surface area contributed by atoms with Crippen LogP contribution < -0.4 is 15.4 Å². The number of hydrogen-bond donors (Lipinski definition) is 2. The summed E-state index contributed by atoms with van der Waals surface area (Å²) in [5, 5.41) is 5.60. The molecule has 130 valence electrons. The summed E-state index contributed by atoms with van der Waals surface area (Å²) in [4.78, 5) is 23.4. The van der Waals surface area contributed by atoms with Crippen LogP contribution in [0.3, 0.4) is 0 Å². The molecule has 0 atom stereocenters. The van der Waals surface area contributed by atoms with Gasteiger partial charge in [0, 0.05) is 18.7 Å². The standard InChI is InChI=1S/C18H24N2O4/c21-17-12-24-16-11-13(7-8-15(16)20-17)18(22)19-9-4-10-23-14-5-2-1-3-6-14/h7-8,11,14H,1-6,9-10,12H2,(H,19,22)(H,20,21). The summed E-state index contributed by atoms with van der Waals surface area (Å²) in [5.74, 6) is 0.205. The van der Waals surface area contributed by atoms with Crippen molar-refractivity contribution in [3.8, 4) is 5.75 Å². The summed E-state index contributed by atoms with van der Waals surface area (Å²) in [6.07, 6.45) is 7.40. The molecule has 3 rings (SSSR count). The Kier molecular flexibility index (Phi) is 5.69. The van der Waals surface area contributed by atoms with E-state index in [2.05, 4.69) is 10.6 Å². The van der Waals surface area contributed by atoms with Gasteiger partial charge in [0.05, 0.1) is 11.8 Å². The lowest BCUT2D eigenvalue weighted by Gasteiger charge is -2.22. The van der Waals surface area contributed by atoms with Gasteiger partial charge in [0.15, 0.2) is 6.61 Å². The van der Waals surface area contributed by atoms with Crippen LogP contribution in [0, 0.1) is 0 Å². The van der Waals surface area contributed by atoms with Crippen LogP contribution in [0.2, 0.25) is 0 Å². The van der Waals surface area contributed by atoms with Crippen molar-refractivity contribution >= 4 is 17.5 Å².